The topological polar surface area (TPSA) is 83.7 Å². The number of hydrogen-bond acceptors (Lipinski definition) is 4. The molecule has 3 rings (SSSR count). The van der Waals surface area contributed by atoms with Crippen LogP contribution >= 0.6 is 0 Å². The molecule has 0 heterocycles. The summed E-state index contributed by atoms with van der Waals surface area (Å²) in [5, 5.41) is 0. The van der Waals surface area contributed by atoms with Gasteiger partial charge in [-0.2, -0.15) is 0 Å². The van der Waals surface area contributed by atoms with E-state index in [1.807, 2.05) is 56.3 Å². The van der Waals surface area contributed by atoms with Crippen LogP contribution in [0, 0.1) is 6.92 Å². The van der Waals surface area contributed by atoms with Crippen molar-refractivity contribution in [3.05, 3.63) is 96.1 Å². The summed E-state index contributed by atoms with van der Waals surface area (Å²) >= 11 is 0. The van der Waals surface area contributed by atoms with E-state index in [2.05, 4.69) is 27.4 Å². The Kier molecular flexibility index (Phi) is 8.49. The summed E-state index contributed by atoms with van der Waals surface area (Å²) < 4.78 is 28.9. The normalized spacial score (nSPS) is 11.7. The molecular formula is C30H37N3O3S. The zero-order valence-electron chi connectivity index (χ0n) is 22.4. The maximum atomic E-state index is 13.8. The number of nitrogen functional groups attached to an aromatic ring is 1. The number of benzene rings is 3. The largest absolute Gasteiger partial charge is 0.398 e. The van der Waals surface area contributed by atoms with E-state index in [0.717, 1.165) is 16.7 Å². The quantitative estimate of drug-likeness (QED) is 0.371. The van der Waals surface area contributed by atoms with Gasteiger partial charge in [-0.15, -0.1) is 0 Å². The number of sulfonamides is 1. The van der Waals surface area contributed by atoms with Crippen molar-refractivity contribution < 1.29 is 13.2 Å². The number of carbonyl (C=O) groups excluding carboxylic acids is 1. The highest BCUT2D eigenvalue weighted by Gasteiger charge is 2.29. The average Bonchev–Trinajstić information content (AvgIpc) is 2.86. The van der Waals surface area contributed by atoms with Gasteiger partial charge >= 0.3 is 0 Å². The lowest BCUT2D eigenvalue weighted by Crippen LogP contribution is -2.43. The van der Waals surface area contributed by atoms with Gasteiger partial charge in [-0.3, -0.25) is 9.10 Å². The second-order valence-electron chi connectivity index (χ2n) is 10.2. The van der Waals surface area contributed by atoms with Crippen LogP contribution in [0.15, 0.2) is 84.3 Å². The van der Waals surface area contributed by atoms with E-state index in [1.165, 1.54) is 4.31 Å². The first-order valence-corrected chi connectivity index (χ1v) is 13.8. The number of nitrogens with two attached hydrogens (primary N) is 1. The molecule has 0 aliphatic rings. The minimum Gasteiger partial charge on any atom is -0.398 e. The van der Waals surface area contributed by atoms with E-state index in [-0.39, 0.29) is 29.3 Å². The van der Waals surface area contributed by atoms with Crippen molar-refractivity contribution in [1.82, 2.24) is 4.90 Å². The molecule has 0 aliphatic heterocycles. The zero-order valence-corrected chi connectivity index (χ0v) is 23.2. The number of nitrogens with zero attached hydrogens (tertiary/aromatic N) is 2. The number of amides is 1. The molecule has 37 heavy (non-hydrogen) atoms. The SMILES string of the molecule is C=C(CN(CC)C(=O)CN(c1ccc(C)cc1)S(=O)(=O)c1ccc(C(C)(C)C)cc1)c1ccccc1N. The highest BCUT2D eigenvalue weighted by molar-refractivity contribution is 7.92. The van der Waals surface area contributed by atoms with Gasteiger partial charge in [0.1, 0.15) is 6.54 Å². The Labute approximate surface area is 221 Å². The van der Waals surface area contributed by atoms with E-state index < -0.39 is 10.0 Å². The fraction of sp³-hybridized carbons (Fsp3) is 0.300. The molecule has 0 fully saturated rings. The standard InChI is InChI=1S/C30H37N3O3S/c1-7-32(20-23(3)27-10-8-9-11-28(27)31)29(34)21-33(25-16-12-22(2)13-17-25)37(35,36)26-18-14-24(15-19-26)30(4,5)6/h8-19H,3,7,20-21,31H2,1-2,4-6H3. The van der Waals surface area contributed by atoms with Gasteiger partial charge in [0.15, 0.2) is 0 Å². The van der Waals surface area contributed by atoms with Crippen molar-refractivity contribution in [2.24, 2.45) is 0 Å². The highest BCUT2D eigenvalue weighted by Crippen LogP contribution is 2.28. The number of anilines is 2. The summed E-state index contributed by atoms with van der Waals surface area (Å²) in [7, 11) is -4.01. The number of likely N-dealkylation sites (N-methyl/N-ethyl adjacent to an activating group) is 1. The molecular weight excluding hydrogens is 482 g/mol. The first-order chi connectivity index (χ1) is 17.3. The molecule has 6 nitrogen and oxygen atoms in total. The van der Waals surface area contributed by atoms with Crippen LogP contribution in [0.25, 0.3) is 5.57 Å². The van der Waals surface area contributed by atoms with Gasteiger partial charge < -0.3 is 10.6 Å². The van der Waals surface area contributed by atoms with Crippen molar-refractivity contribution in [2.45, 2.75) is 44.9 Å². The molecule has 0 radical (unpaired) electrons. The fourth-order valence-corrected chi connectivity index (χ4v) is 5.43. The van der Waals surface area contributed by atoms with Crippen molar-refractivity contribution in [2.75, 3.05) is 29.7 Å². The molecule has 7 heteroatoms. The number of para-hydroxylation sites is 1. The van der Waals surface area contributed by atoms with Crippen LogP contribution in [0.2, 0.25) is 0 Å². The van der Waals surface area contributed by atoms with Crippen molar-refractivity contribution in [3.8, 4) is 0 Å². The predicted octanol–water partition coefficient (Wildman–Crippen LogP) is 5.63. The van der Waals surface area contributed by atoms with Gasteiger partial charge in [0.25, 0.3) is 10.0 Å². The second-order valence-corrected chi connectivity index (χ2v) is 12.1. The first-order valence-electron chi connectivity index (χ1n) is 12.3. The Bertz CT molecular complexity index is 1360. The Hall–Kier alpha value is -3.58. The molecule has 3 aromatic carbocycles. The zero-order chi connectivity index (χ0) is 27.4. The Morgan fingerprint density at radius 3 is 2.05 bits per heavy atom. The number of aryl methyl sites for hydroxylation is 1. The molecule has 0 saturated heterocycles. The molecule has 1 amide bonds. The van der Waals surface area contributed by atoms with Crippen molar-refractivity contribution >= 4 is 32.9 Å². The molecule has 196 valence electrons. The highest BCUT2D eigenvalue weighted by atomic mass is 32.2. The Balaban J connectivity index is 1.93. The molecule has 2 N–H and O–H groups in total. The van der Waals surface area contributed by atoms with E-state index in [4.69, 9.17) is 5.73 Å². The predicted molar refractivity (Wildman–Crippen MR) is 153 cm³/mol. The van der Waals surface area contributed by atoms with Gasteiger partial charge in [0.05, 0.1) is 10.6 Å². The van der Waals surface area contributed by atoms with Crippen molar-refractivity contribution in [3.63, 3.8) is 0 Å². The molecule has 0 aromatic heterocycles. The maximum absolute atomic E-state index is 13.8. The summed E-state index contributed by atoms with van der Waals surface area (Å²) in [5.41, 5.74) is 10.5. The van der Waals surface area contributed by atoms with Crippen LogP contribution in [-0.4, -0.2) is 38.9 Å². The Morgan fingerprint density at radius 1 is 0.919 bits per heavy atom. The van der Waals surface area contributed by atoms with Gasteiger partial charge in [0, 0.05) is 24.3 Å². The molecule has 3 aromatic rings. The lowest BCUT2D eigenvalue weighted by Gasteiger charge is -2.29. The molecule has 0 bridgehead atoms. The Morgan fingerprint density at radius 2 is 1.51 bits per heavy atom. The van der Waals surface area contributed by atoms with Crippen LogP contribution in [0.4, 0.5) is 11.4 Å². The lowest BCUT2D eigenvalue weighted by molar-refractivity contribution is -0.128. The third-order valence-electron chi connectivity index (χ3n) is 6.37. The summed E-state index contributed by atoms with van der Waals surface area (Å²) in [6.07, 6.45) is 0. The van der Waals surface area contributed by atoms with Crippen LogP contribution in [-0.2, 0) is 20.2 Å². The second kappa shape index (κ2) is 11.2. The lowest BCUT2D eigenvalue weighted by atomic mass is 9.87. The fourth-order valence-electron chi connectivity index (χ4n) is 4.01. The van der Waals surface area contributed by atoms with E-state index in [1.54, 1.807) is 35.2 Å². The third-order valence-corrected chi connectivity index (χ3v) is 8.16. The minimum atomic E-state index is -4.01. The van der Waals surface area contributed by atoms with Gasteiger partial charge in [-0.1, -0.05) is 75.4 Å². The summed E-state index contributed by atoms with van der Waals surface area (Å²) in [4.78, 5) is 15.2. The number of hydrogen-bond donors (Lipinski definition) is 1. The summed E-state index contributed by atoms with van der Waals surface area (Å²) in [6, 6.07) is 21.4. The van der Waals surface area contributed by atoms with E-state index in [9.17, 15) is 13.2 Å². The molecule has 0 saturated carbocycles. The summed E-state index contributed by atoms with van der Waals surface area (Å²) in [5.74, 6) is -0.325. The molecule has 0 unspecified atom stereocenters. The third kappa shape index (κ3) is 6.60. The van der Waals surface area contributed by atoms with Crippen LogP contribution in [0.5, 0.6) is 0 Å². The van der Waals surface area contributed by atoms with Gasteiger partial charge in [-0.05, 0) is 60.7 Å². The van der Waals surface area contributed by atoms with Gasteiger partial charge in [0.2, 0.25) is 5.91 Å². The monoisotopic (exact) mass is 519 g/mol. The van der Waals surface area contributed by atoms with Crippen molar-refractivity contribution in [1.29, 1.82) is 0 Å². The van der Waals surface area contributed by atoms with E-state index >= 15 is 0 Å². The molecule has 0 atom stereocenters. The van der Waals surface area contributed by atoms with Gasteiger partial charge in [-0.25, -0.2) is 8.42 Å². The minimum absolute atomic E-state index is 0.110. The average molecular weight is 520 g/mol. The molecule has 0 aliphatic carbocycles. The van der Waals surface area contributed by atoms with Crippen LogP contribution < -0.4 is 10.0 Å². The number of rotatable bonds is 9. The first kappa shape index (κ1) is 28.0. The number of carbonyl (C=O) groups is 1. The maximum Gasteiger partial charge on any atom is 0.264 e. The summed E-state index contributed by atoms with van der Waals surface area (Å²) in [6.45, 7) is 14.4. The smallest absolute Gasteiger partial charge is 0.264 e. The van der Waals surface area contributed by atoms with Crippen LogP contribution in [0.3, 0.4) is 0 Å². The molecule has 0 spiro atoms. The van der Waals surface area contributed by atoms with E-state index in [0.29, 0.717) is 23.5 Å². The van der Waals surface area contributed by atoms with Crippen LogP contribution in [0.1, 0.15) is 44.4 Å².